The summed E-state index contributed by atoms with van der Waals surface area (Å²) < 4.78 is 5.22. The number of nitrogens with zero attached hydrogens (tertiary/aromatic N) is 1. The normalized spacial score (nSPS) is 19.6. The fraction of sp³-hybridized carbons (Fsp3) is 0.533. The van der Waals surface area contributed by atoms with Crippen LogP contribution in [0.1, 0.15) is 23.2 Å². The molecule has 0 amide bonds. The summed E-state index contributed by atoms with van der Waals surface area (Å²) in [4.78, 5) is 14.4. The molecule has 104 valence electrons. The molecule has 0 spiro atoms. The lowest BCUT2D eigenvalue weighted by molar-refractivity contribution is 0.0939. The number of carbonyl (C=O) groups is 1. The van der Waals surface area contributed by atoms with E-state index in [0.717, 1.165) is 25.9 Å². The Kier molecular flexibility index (Phi) is 4.93. The van der Waals surface area contributed by atoms with Gasteiger partial charge in [0.15, 0.2) is 5.78 Å². The highest BCUT2D eigenvalue weighted by Crippen LogP contribution is 2.22. The van der Waals surface area contributed by atoms with Gasteiger partial charge in [-0.05, 0) is 37.4 Å². The van der Waals surface area contributed by atoms with Crippen molar-refractivity contribution in [3.05, 3.63) is 29.8 Å². The van der Waals surface area contributed by atoms with Crippen LogP contribution in [0.4, 0.5) is 0 Å². The Morgan fingerprint density at radius 3 is 3.00 bits per heavy atom. The lowest BCUT2D eigenvalue weighted by Crippen LogP contribution is -2.28. The van der Waals surface area contributed by atoms with E-state index < -0.39 is 0 Å². The second kappa shape index (κ2) is 6.68. The number of methoxy groups -OCH3 is 1. The molecule has 1 fully saturated rings. The number of ketones is 1. The fourth-order valence-electron chi connectivity index (χ4n) is 2.64. The van der Waals surface area contributed by atoms with Crippen LogP contribution in [0.5, 0.6) is 5.75 Å². The van der Waals surface area contributed by atoms with Crippen molar-refractivity contribution in [2.24, 2.45) is 5.92 Å². The smallest absolute Gasteiger partial charge is 0.180 e. The van der Waals surface area contributed by atoms with Crippen LogP contribution in [0.25, 0.3) is 0 Å². The summed E-state index contributed by atoms with van der Waals surface area (Å²) >= 11 is 0. The average molecular weight is 263 g/mol. The quantitative estimate of drug-likeness (QED) is 0.792. The molecule has 4 nitrogen and oxygen atoms in total. The molecule has 4 heteroatoms. The molecule has 1 aromatic carbocycles. The van der Waals surface area contributed by atoms with E-state index in [0.29, 0.717) is 23.8 Å². The molecule has 1 N–H and O–H groups in total. The van der Waals surface area contributed by atoms with Crippen molar-refractivity contribution in [3.8, 4) is 5.75 Å². The molecule has 0 saturated carbocycles. The first kappa shape index (κ1) is 14.0. The third-order valence-corrected chi connectivity index (χ3v) is 3.68. The van der Waals surface area contributed by atoms with Crippen molar-refractivity contribution in [3.63, 3.8) is 0 Å². The standard InChI is InChI=1S/C15H21NO3/c1-19-15-5-3-2-4-13(15)14(18)11-16-8-6-12(10-16)7-9-17/h2-5,12,17H,6-11H2,1H3. The number of likely N-dealkylation sites (tertiary alicyclic amines) is 1. The minimum Gasteiger partial charge on any atom is -0.496 e. The maximum atomic E-state index is 12.3. The molecule has 1 aromatic rings. The van der Waals surface area contributed by atoms with Gasteiger partial charge in [0.1, 0.15) is 5.75 Å². The number of aliphatic hydroxyl groups excluding tert-OH is 1. The Morgan fingerprint density at radius 1 is 1.47 bits per heavy atom. The van der Waals surface area contributed by atoms with Gasteiger partial charge in [-0.1, -0.05) is 12.1 Å². The molecule has 2 rings (SSSR count). The fourth-order valence-corrected chi connectivity index (χ4v) is 2.64. The van der Waals surface area contributed by atoms with Crippen molar-refractivity contribution < 1.29 is 14.6 Å². The van der Waals surface area contributed by atoms with Gasteiger partial charge in [0.05, 0.1) is 19.2 Å². The van der Waals surface area contributed by atoms with Crippen molar-refractivity contribution >= 4 is 5.78 Å². The first-order valence-corrected chi connectivity index (χ1v) is 6.74. The number of benzene rings is 1. The molecule has 1 heterocycles. The van der Waals surface area contributed by atoms with Crippen LogP contribution in [0, 0.1) is 5.92 Å². The summed E-state index contributed by atoms with van der Waals surface area (Å²) in [7, 11) is 1.58. The van der Waals surface area contributed by atoms with Crippen LogP contribution in [-0.4, -0.2) is 49.1 Å². The molecule has 1 atom stereocenters. The van der Waals surface area contributed by atoms with E-state index in [1.807, 2.05) is 24.3 Å². The van der Waals surface area contributed by atoms with E-state index in [2.05, 4.69) is 4.90 Å². The zero-order valence-corrected chi connectivity index (χ0v) is 11.3. The molecule has 1 saturated heterocycles. The van der Waals surface area contributed by atoms with Crippen molar-refractivity contribution in [2.45, 2.75) is 12.8 Å². The first-order chi connectivity index (χ1) is 9.24. The van der Waals surface area contributed by atoms with Gasteiger partial charge in [-0.2, -0.15) is 0 Å². The number of para-hydroxylation sites is 1. The Morgan fingerprint density at radius 2 is 2.26 bits per heavy atom. The Balaban J connectivity index is 1.94. The highest BCUT2D eigenvalue weighted by Gasteiger charge is 2.24. The van der Waals surface area contributed by atoms with Crippen molar-refractivity contribution in [1.82, 2.24) is 4.90 Å². The molecule has 1 aliphatic rings. The third kappa shape index (κ3) is 3.55. The van der Waals surface area contributed by atoms with Crippen molar-refractivity contribution in [1.29, 1.82) is 0 Å². The molecular formula is C15H21NO3. The maximum Gasteiger partial charge on any atom is 0.180 e. The minimum atomic E-state index is 0.0992. The van der Waals surface area contributed by atoms with Crippen molar-refractivity contribution in [2.75, 3.05) is 33.4 Å². The summed E-state index contributed by atoms with van der Waals surface area (Å²) in [5.74, 6) is 1.26. The second-order valence-corrected chi connectivity index (χ2v) is 5.03. The lowest BCUT2D eigenvalue weighted by atomic mass is 10.1. The molecule has 19 heavy (non-hydrogen) atoms. The molecular weight excluding hydrogens is 242 g/mol. The van der Waals surface area contributed by atoms with Gasteiger partial charge in [-0.25, -0.2) is 0 Å². The van der Waals surface area contributed by atoms with Gasteiger partial charge in [-0.3, -0.25) is 9.69 Å². The van der Waals surface area contributed by atoms with Gasteiger partial charge in [0, 0.05) is 13.2 Å². The number of rotatable bonds is 6. The molecule has 0 bridgehead atoms. The predicted molar refractivity (Wildman–Crippen MR) is 73.6 cm³/mol. The molecule has 0 radical (unpaired) electrons. The average Bonchev–Trinajstić information content (AvgIpc) is 2.86. The summed E-state index contributed by atoms with van der Waals surface area (Å²) in [6.07, 6.45) is 1.90. The van der Waals surface area contributed by atoms with Gasteiger partial charge < -0.3 is 9.84 Å². The Labute approximate surface area is 114 Å². The third-order valence-electron chi connectivity index (χ3n) is 3.68. The highest BCUT2D eigenvalue weighted by molar-refractivity contribution is 6.00. The zero-order valence-electron chi connectivity index (χ0n) is 11.3. The molecule has 0 aliphatic carbocycles. The van der Waals surface area contributed by atoms with Crippen LogP contribution in [0.3, 0.4) is 0 Å². The monoisotopic (exact) mass is 263 g/mol. The summed E-state index contributed by atoms with van der Waals surface area (Å²) in [5.41, 5.74) is 0.649. The van der Waals surface area contributed by atoms with E-state index in [1.165, 1.54) is 0 Å². The SMILES string of the molecule is COc1ccccc1C(=O)CN1CCC(CCO)C1. The molecule has 1 unspecified atom stereocenters. The van der Waals surface area contributed by atoms with Gasteiger partial charge in [0.25, 0.3) is 0 Å². The number of hydrogen-bond acceptors (Lipinski definition) is 4. The number of hydrogen-bond donors (Lipinski definition) is 1. The predicted octanol–water partition coefficient (Wildman–Crippen LogP) is 1.58. The zero-order chi connectivity index (χ0) is 13.7. The van der Waals surface area contributed by atoms with Crippen LogP contribution in [0.2, 0.25) is 0 Å². The van der Waals surface area contributed by atoms with E-state index in [1.54, 1.807) is 7.11 Å². The van der Waals surface area contributed by atoms with Gasteiger partial charge in [0.2, 0.25) is 0 Å². The maximum absolute atomic E-state index is 12.3. The van der Waals surface area contributed by atoms with Gasteiger partial charge >= 0.3 is 0 Å². The van der Waals surface area contributed by atoms with E-state index >= 15 is 0 Å². The summed E-state index contributed by atoms with van der Waals surface area (Å²) in [6.45, 7) is 2.51. The molecule has 0 aromatic heterocycles. The lowest BCUT2D eigenvalue weighted by Gasteiger charge is -2.15. The van der Waals surface area contributed by atoms with E-state index in [4.69, 9.17) is 9.84 Å². The molecule has 1 aliphatic heterocycles. The topological polar surface area (TPSA) is 49.8 Å². The largest absolute Gasteiger partial charge is 0.496 e. The minimum absolute atomic E-state index is 0.0992. The van der Waals surface area contributed by atoms with Crippen LogP contribution < -0.4 is 4.74 Å². The summed E-state index contributed by atoms with van der Waals surface area (Å²) in [6, 6.07) is 7.34. The highest BCUT2D eigenvalue weighted by atomic mass is 16.5. The number of aliphatic hydroxyl groups is 1. The second-order valence-electron chi connectivity index (χ2n) is 5.03. The summed E-state index contributed by atoms with van der Waals surface area (Å²) in [5, 5.41) is 8.94. The number of Topliss-reactive ketones (excluding diaryl/α,β-unsaturated/α-hetero) is 1. The van der Waals surface area contributed by atoms with Crippen LogP contribution >= 0.6 is 0 Å². The van der Waals surface area contributed by atoms with E-state index in [9.17, 15) is 4.79 Å². The van der Waals surface area contributed by atoms with Crippen LogP contribution in [0.15, 0.2) is 24.3 Å². The van der Waals surface area contributed by atoms with Gasteiger partial charge in [-0.15, -0.1) is 0 Å². The number of ether oxygens (including phenoxy) is 1. The van der Waals surface area contributed by atoms with Crippen LogP contribution in [-0.2, 0) is 0 Å². The Hall–Kier alpha value is -1.39. The Bertz CT molecular complexity index is 433. The van der Waals surface area contributed by atoms with E-state index in [-0.39, 0.29) is 12.4 Å². The number of carbonyl (C=O) groups excluding carboxylic acids is 1. The first-order valence-electron chi connectivity index (χ1n) is 6.74.